The molecule has 0 bridgehead atoms. The SMILES string of the molecule is CC(C)[C@H](CO)NC(=O)C1CC1c1ccccc1. The number of hydrogen-bond donors (Lipinski definition) is 2. The van der Waals surface area contributed by atoms with E-state index in [0.29, 0.717) is 5.92 Å². The van der Waals surface area contributed by atoms with Gasteiger partial charge in [-0.05, 0) is 23.8 Å². The first kappa shape index (κ1) is 13.1. The van der Waals surface area contributed by atoms with Crippen molar-refractivity contribution in [2.75, 3.05) is 6.61 Å². The molecule has 2 rings (SSSR count). The van der Waals surface area contributed by atoms with Crippen molar-refractivity contribution < 1.29 is 9.90 Å². The summed E-state index contributed by atoms with van der Waals surface area (Å²) in [5.74, 6) is 0.780. The maximum absolute atomic E-state index is 12.0. The van der Waals surface area contributed by atoms with Gasteiger partial charge in [0, 0.05) is 5.92 Å². The largest absolute Gasteiger partial charge is 0.394 e. The van der Waals surface area contributed by atoms with Crippen LogP contribution in [0, 0.1) is 11.8 Å². The molecule has 1 aliphatic rings. The molecule has 1 aliphatic carbocycles. The molecule has 1 aromatic rings. The maximum Gasteiger partial charge on any atom is 0.224 e. The average Bonchev–Trinajstić information content (AvgIpc) is 3.16. The Kier molecular flexibility index (Phi) is 4.02. The van der Waals surface area contributed by atoms with Crippen molar-refractivity contribution in [1.82, 2.24) is 5.32 Å². The zero-order valence-corrected chi connectivity index (χ0v) is 11.0. The summed E-state index contributed by atoms with van der Waals surface area (Å²) in [6.07, 6.45) is 0.923. The number of nitrogens with one attached hydrogen (secondary N) is 1. The highest BCUT2D eigenvalue weighted by atomic mass is 16.3. The molecular formula is C15H21NO2. The van der Waals surface area contributed by atoms with Crippen LogP contribution in [0.1, 0.15) is 31.7 Å². The lowest BCUT2D eigenvalue weighted by Crippen LogP contribution is -2.42. The first-order valence-corrected chi connectivity index (χ1v) is 6.59. The van der Waals surface area contributed by atoms with Crippen LogP contribution in [0.25, 0.3) is 0 Å². The van der Waals surface area contributed by atoms with Crippen molar-refractivity contribution in [3.05, 3.63) is 35.9 Å². The second-order valence-corrected chi connectivity index (χ2v) is 5.40. The fourth-order valence-corrected chi connectivity index (χ4v) is 2.27. The minimum absolute atomic E-state index is 0.00608. The second kappa shape index (κ2) is 5.53. The number of amides is 1. The molecule has 18 heavy (non-hydrogen) atoms. The van der Waals surface area contributed by atoms with Crippen LogP contribution in [-0.2, 0) is 4.79 Å². The third-order valence-corrected chi connectivity index (χ3v) is 3.68. The first-order valence-electron chi connectivity index (χ1n) is 6.59. The molecule has 3 heteroatoms. The molecule has 2 unspecified atom stereocenters. The molecule has 1 aromatic carbocycles. The van der Waals surface area contributed by atoms with E-state index in [-0.39, 0.29) is 30.4 Å². The van der Waals surface area contributed by atoms with Gasteiger partial charge in [-0.2, -0.15) is 0 Å². The molecule has 3 atom stereocenters. The molecule has 0 aliphatic heterocycles. The van der Waals surface area contributed by atoms with Gasteiger partial charge < -0.3 is 10.4 Å². The number of carbonyl (C=O) groups is 1. The van der Waals surface area contributed by atoms with Gasteiger partial charge in [-0.3, -0.25) is 4.79 Å². The fraction of sp³-hybridized carbons (Fsp3) is 0.533. The van der Waals surface area contributed by atoms with Crippen LogP contribution in [0.3, 0.4) is 0 Å². The van der Waals surface area contributed by atoms with E-state index >= 15 is 0 Å². The standard InChI is InChI=1S/C15H21NO2/c1-10(2)14(9-17)16-15(18)13-8-12(13)11-6-4-3-5-7-11/h3-7,10,12-14,17H,8-9H2,1-2H3,(H,16,18)/t12?,13?,14-/m0/s1. The second-order valence-electron chi connectivity index (χ2n) is 5.40. The van der Waals surface area contributed by atoms with E-state index in [2.05, 4.69) is 17.4 Å². The molecule has 98 valence electrons. The Morgan fingerprint density at radius 1 is 1.39 bits per heavy atom. The predicted molar refractivity (Wildman–Crippen MR) is 71.1 cm³/mol. The number of hydrogen-bond acceptors (Lipinski definition) is 2. The number of aliphatic hydroxyl groups is 1. The van der Waals surface area contributed by atoms with Gasteiger partial charge in [0.25, 0.3) is 0 Å². The monoisotopic (exact) mass is 247 g/mol. The highest BCUT2D eigenvalue weighted by Gasteiger charge is 2.44. The Bertz CT molecular complexity index is 402. The zero-order valence-electron chi connectivity index (χ0n) is 11.0. The van der Waals surface area contributed by atoms with Crippen LogP contribution in [0.5, 0.6) is 0 Å². The zero-order chi connectivity index (χ0) is 13.1. The Balaban J connectivity index is 1.90. The molecule has 0 aromatic heterocycles. The third kappa shape index (κ3) is 2.91. The first-order chi connectivity index (χ1) is 8.63. The summed E-state index contributed by atoms with van der Waals surface area (Å²) < 4.78 is 0. The lowest BCUT2D eigenvalue weighted by atomic mass is 10.0. The smallest absolute Gasteiger partial charge is 0.224 e. The quantitative estimate of drug-likeness (QED) is 0.835. The summed E-state index contributed by atoms with van der Waals surface area (Å²) in [5, 5.41) is 12.2. The van der Waals surface area contributed by atoms with Crippen LogP contribution in [0.15, 0.2) is 30.3 Å². The van der Waals surface area contributed by atoms with Gasteiger partial charge in [0.15, 0.2) is 0 Å². The molecule has 0 spiro atoms. The van der Waals surface area contributed by atoms with Crippen molar-refractivity contribution >= 4 is 5.91 Å². The lowest BCUT2D eigenvalue weighted by molar-refractivity contribution is -0.123. The van der Waals surface area contributed by atoms with Crippen LogP contribution in [0.4, 0.5) is 0 Å². The van der Waals surface area contributed by atoms with Gasteiger partial charge in [0.05, 0.1) is 12.6 Å². The maximum atomic E-state index is 12.0. The summed E-state index contributed by atoms with van der Waals surface area (Å²) in [6, 6.07) is 10.0. The normalized spacial score (nSPS) is 23.8. The van der Waals surface area contributed by atoms with Crippen LogP contribution >= 0.6 is 0 Å². The van der Waals surface area contributed by atoms with E-state index in [1.807, 2.05) is 32.0 Å². The Morgan fingerprint density at radius 3 is 2.61 bits per heavy atom. The van der Waals surface area contributed by atoms with Crippen LogP contribution in [-0.4, -0.2) is 23.7 Å². The van der Waals surface area contributed by atoms with Crippen molar-refractivity contribution in [2.45, 2.75) is 32.2 Å². The average molecular weight is 247 g/mol. The molecule has 0 heterocycles. The minimum atomic E-state index is -0.130. The molecule has 1 saturated carbocycles. The van der Waals surface area contributed by atoms with Gasteiger partial charge in [0.1, 0.15) is 0 Å². The molecule has 0 saturated heterocycles. The third-order valence-electron chi connectivity index (χ3n) is 3.68. The number of rotatable bonds is 5. The lowest BCUT2D eigenvalue weighted by Gasteiger charge is -2.19. The molecule has 1 fully saturated rings. The topological polar surface area (TPSA) is 49.3 Å². The molecule has 1 amide bonds. The summed E-state index contributed by atoms with van der Waals surface area (Å²) >= 11 is 0. The summed E-state index contributed by atoms with van der Waals surface area (Å²) in [6.45, 7) is 4.01. The van der Waals surface area contributed by atoms with Gasteiger partial charge >= 0.3 is 0 Å². The van der Waals surface area contributed by atoms with E-state index in [9.17, 15) is 9.90 Å². The highest BCUT2D eigenvalue weighted by Crippen LogP contribution is 2.47. The molecular weight excluding hydrogens is 226 g/mol. The van der Waals surface area contributed by atoms with Gasteiger partial charge in [-0.25, -0.2) is 0 Å². The minimum Gasteiger partial charge on any atom is -0.394 e. The van der Waals surface area contributed by atoms with Crippen molar-refractivity contribution in [3.63, 3.8) is 0 Å². The van der Waals surface area contributed by atoms with E-state index in [1.165, 1.54) is 5.56 Å². The van der Waals surface area contributed by atoms with E-state index < -0.39 is 0 Å². The molecule has 3 nitrogen and oxygen atoms in total. The highest BCUT2D eigenvalue weighted by molar-refractivity contribution is 5.83. The molecule has 0 radical (unpaired) electrons. The van der Waals surface area contributed by atoms with Crippen molar-refractivity contribution in [3.8, 4) is 0 Å². The van der Waals surface area contributed by atoms with Gasteiger partial charge in [-0.15, -0.1) is 0 Å². The van der Waals surface area contributed by atoms with Crippen LogP contribution in [0.2, 0.25) is 0 Å². The molecule has 2 N–H and O–H groups in total. The van der Waals surface area contributed by atoms with Gasteiger partial charge in [0.2, 0.25) is 5.91 Å². The Morgan fingerprint density at radius 2 is 2.06 bits per heavy atom. The number of aliphatic hydroxyl groups excluding tert-OH is 1. The van der Waals surface area contributed by atoms with E-state index in [4.69, 9.17) is 0 Å². The van der Waals surface area contributed by atoms with E-state index in [0.717, 1.165) is 6.42 Å². The van der Waals surface area contributed by atoms with Crippen molar-refractivity contribution in [1.29, 1.82) is 0 Å². The summed E-state index contributed by atoms with van der Waals surface area (Å²) in [5.41, 5.74) is 1.24. The van der Waals surface area contributed by atoms with E-state index in [1.54, 1.807) is 0 Å². The van der Waals surface area contributed by atoms with Crippen LogP contribution < -0.4 is 5.32 Å². The predicted octanol–water partition coefficient (Wildman–Crippen LogP) is 1.92. The number of benzene rings is 1. The summed E-state index contributed by atoms with van der Waals surface area (Å²) in [4.78, 5) is 12.0. The Hall–Kier alpha value is -1.35. The number of carbonyl (C=O) groups excluding carboxylic acids is 1. The fourth-order valence-electron chi connectivity index (χ4n) is 2.27. The summed E-state index contributed by atoms with van der Waals surface area (Å²) in [7, 11) is 0. The van der Waals surface area contributed by atoms with Gasteiger partial charge in [-0.1, -0.05) is 44.2 Å². The Labute approximate surface area is 108 Å². The van der Waals surface area contributed by atoms with Crippen molar-refractivity contribution in [2.24, 2.45) is 11.8 Å².